The molecule has 0 saturated carbocycles. The summed E-state index contributed by atoms with van der Waals surface area (Å²) < 4.78 is 5.03. The molecule has 18 heavy (non-hydrogen) atoms. The van der Waals surface area contributed by atoms with E-state index >= 15 is 0 Å². The van der Waals surface area contributed by atoms with Crippen molar-refractivity contribution >= 4 is 6.03 Å². The Labute approximate surface area is 106 Å². The zero-order valence-corrected chi connectivity index (χ0v) is 10.6. The lowest BCUT2D eigenvalue weighted by molar-refractivity contribution is 0.185. The van der Waals surface area contributed by atoms with Crippen LogP contribution in [-0.2, 0) is 6.42 Å². The van der Waals surface area contributed by atoms with Gasteiger partial charge in [-0.3, -0.25) is 0 Å². The van der Waals surface area contributed by atoms with Crippen LogP contribution in [0.1, 0.15) is 24.6 Å². The molecular weight excluding hydrogens is 234 g/mol. The number of rotatable bonds is 4. The monoisotopic (exact) mass is 253 g/mol. The highest BCUT2D eigenvalue weighted by Crippen LogP contribution is 2.09. The first kappa shape index (κ1) is 12.8. The molecule has 2 amide bonds. The van der Waals surface area contributed by atoms with Gasteiger partial charge < -0.3 is 20.5 Å². The molecule has 1 aliphatic rings. The zero-order chi connectivity index (χ0) is 13.0. The molecule has 0 aliphatic carbocycles. The number of carbonyl (C=O) groups is 1. The average Bonchev–Trinajstić information content (AvgIpc) is 2.76. The molecule has 0 bridgehead atoms. The van der Waals surface area contributed by atoms with Crippen LogP contribution in [0.25, 0.3) is 0 Å². The van der Waals surface area contributed by atoms with Gasteiger partial charge in [-0.2, -0.15) is 4.98 Å². The molecule has 2 rings (SSSR count). The topological polar surface area (TPSA) is 97.3 Å². The number of piperidine rings is 1. The minimum absolute atomic E-state index is 0.324. The van der Waals surface area contributed by atoms with Crippen molar-refractivity contribution in [3.8, 4) is 0 Å². The largest absolute Gasteiger partial charge is 0.351 e. The van der Waals surface area contributed by atoms with E-state index < -0.39 is 0 Å². The van der Waals surface area contributed by atoms with E-state index in [1.54, 1.807) is 11.8 Å². The Hall–Kier alpha value is -1.63. The molecule has 0 radical (unpaired) electrons. The Kier molecular flexibility index (Phi) is 4.14. The smallest absolute Gasteiger partial charge is 0.314 e. The number of primary amides is 1. The third-order valence-electron chi connectivity index (χ3n) is 3.15. The molecule has 0 spiro atoms. The Balaban J connectivity index is 1.65. The second kappa shape index (κ2) is 5.81. The van der Waals surface area contributed by atoms with Crippen molar-refractivity contribution in [2.45, 2.75) is 32.2 Å². The Morgan fingerprint density at radius 1 is 1.56 bits per heavy atom. The molecule has 2 heterocycles. The molecule has 1 aromatic rings. The minimum atomic E-state index is -0.324. The Bertz CT molecular complexity index is 398. The fraction of sp³-hybridized carbons (Fsp3) is 0.727. The molecule has 1 fully saturated rings. The predicted molar refractivity (Wildman–Crippen MR) is 64.9 cm³/mol. The quantitative estimate of drug-likeness (QED) is 0.790. The number of nitrogens with zero attached hydrogens (tertiary/aromatic N) is 3. The summed E-state index contributed by atoms with van der Waals surface area (Å²) in [5.74, 6) is 1.33. The molecule has 0 unspecified atom stereocenters. The van der Waals surface area contributed by atoms with Crippen LogP contribution in [-0.4, -0.2) is 46.7 Å². The molecule has 3 N–H and O–H groups in total. The van der Waals surface area contributed by atoms with Crippen molar-refractivity contribution < 1.29 is 9.32 Å². The summed E-state index contributed by atoms with van der Waals surface area (Å²) >= 11 is 0. The molecule has 1 aromatic heterocycles. The average molecular weight is 253 g/mol. The molecule has 100 valence electrons. The van der Waals surface area contributed by atoms with E-state index in [0.29, 0.717) is 17.8 Å². The summed E-state index contributed by atoms with van der Waals surface area (Å²) in [5, 5.41) is 7.17. The Morgan fingerprint density at radius 3 is 2.83 bits per heavy atom. The molecule has 1 aliphatic heterocycles. The highest BCUT2D eigenvalue weighted by molar-refractivity contribution is 5.72. The van der Waals surface area contributed by atoms with Gasteiger partial charge in [-0.25, -0.2) is 4.79 Å². The van der Waals surface area contributed by atoms with Crippen molar-refractivity contribution in [2.75, 3.05) is 19.6 Å². The summed E-state index contributed by atoms with van der Waals surface area (Å²) in [6.07, 6.45) is 2.61. The van der Waals surface area contributed by atoms with Crippen molar-refractivity contribution in [1.29, 1.82) is 0 Å². The van der Waals surface area contributed by atoms with Crippen LogP contribution in [0, 0.1) is 6.92 Å². The van der Waals surface area contributed by atoms with E-state index in [1.807, 2.05) is 0 Å². The number of likely N-dealkylation sites (tertiary alicyclic amines) is 1. The summed E-state index contributed by atoms with van der Waals surface area (Å²) in [6, 6.07) is 0.111. The van der Waals surface area contributed by atoms with E-state index in [2.05, 4.69) is 15.5 Å². The van der Waals surface area contributed by atoms with Crippen LogP contribution >= 0.6 is 0 Å². The van der Waals surface area contributed by atoms with E-state index in [1.165, 1.54) is 0 Å². The number of amides is 2. The van der Waals surface area contributed by atoms with E-state index in [4.69, 9.17) is 10.3 Å². The summed E-state index contributed by atoms with van der Waals surface area (Å²) in [7, 11) is 0. The first-order valence-electron chi connectivity index (χ1n) is 6.22. The zero-order valence-electron chi connectivity index (χ0n) is 10.6. The molecule has 0 atom stereocenters. The van der Waals surface area contributed by atoms with Gasteiger partial charge >= 0.3 is 6.03 Å². The van der Waals surface area contributed by atoms with Crippen molar-refractivity contribution in [1.82, 2.24) is 20.4 Å². The second-order valence-electron chi connectivity index (χ2n) is 4.54. The number of urea groups is 1. The van der Waals surface area contributed by atoms with Gasteiger partial charge in [0.1, 0.15) is 0 Å². The van der Waals surface area contributed by atoms with Gasteiger partial charge in [0.05, 0.1) is 0 Å². The van der Waals surface area contributed by atoms with Crippen LogP contribution in [0.5, 0.6) is 0 Å². The third-order valence-corrected chi connectivity index (χ3v) is 3.15. The SMILES string of the molecule is Cc1noc(CCNC2CCN(C(N)=O)CC2)n1. The standard InChI is InChI=1S/C11H19N5O2/c1-8-14-10(18-15-8)2-5-13-9-3-6-16(7-4-9)11(12)17/h9,13H,2-7H2,1H3,(H2,12,17). The van der Waals surface area contributed by atoms with Crippen LogP contribution in [0.2, 0.25) is 0 Å². The van der Waals surface area contributed by atoms with Gasteiger partial charge in [0, 0.05) is 32.1 Å². The van der Waals surface area contributed by atoms with Crippen LogP contribution in [0.4, 0.5) is 4.79 Å². The molecule has 1 saturated heterocycles. The minimum Gasteiger partial charge on any atom is -0.351 e. The van der Waals surface area contributed by atoms with Gasteiger partial charge in [-0.15, -0.1) is 0 Å². The molecule has 7 heteroatoms. The number of nitrogens with one attached hydrogen (secondary N) is 1. The van der Waals surface area contributed by atoms with Crippen LogP contribution < -0.4 is 11.1 Å². The number of hydrogen-bond donors (Lipinski definition) is 2. The summed E-state index contributed by atoms with van der Waals surface area (Å²) in [6.45, 7) is 4.07. The van der Waals surface area contributed by atoms with Gasteiger partial charge in [0.15, 0.2) is 5.82 Å². The van der Waals surface area contributed by atoms with Gasteiger partial charge in [0.25, 0.3) is 0 Å². The normalized spacial score (nSPS) is 17.1. The predicted octanol–water partition coefficient (Wildman–Crippen LogP) is 0.0532. The number of hydrogen-bond acceptors (Lipinski definition) is 5. The second-order valence-corrected chi connectivity index (χ2v) is 4.54. The molecule has 0 aromatic carbocycles. The third kappa shape index (κ3) is 3.43. The van der Waals surface area contributed by atoms with Crippen LogP contribution in [0.15, 0.2) is 4.52 Å². The number of nitrogens with two attached hydrogens (primary N) is 1. The first-order chi connectivity index (χ1) is 8.65. The summed E-state index contributed by atoms with van der Waals surface area (Å²) in [5.41, 5.74) is 5.23. The lowest BCUT2D eigenvalue weighted by atomic mass is 10.1. The van der Waals surface area contributed by atoms with E-state index in [9.17, 15) is 4.79 Å². The lowest BCUT2D eigenvalue weighted by Gasteiger charge is -2.31. The fourth-order valence-electron chi connectivity index (χ4n) is 2.13. The van der Waals surface area contributed by atoms with Gasteiger partial charge in [-0.1, -0.05) is 5.16 Å². The number of aryl methyl sites for hydroxylation is 1. The lowest BCUT2D eigenvalue weighted by Crippen LogP contribution is -2.47. The first-order valence-corrected chi connectivity index (χ1v) is 6.22. The summed E-state index contributed by atoms with van der Waals surface area (Å²) in [4.78, 5) is 16.8. The van der Waals surface area contributed by atoms with Gasteiger partial charge in [-0.05, 0) is 19.8 Å². The van der Waals surface area contributed by atoms with Crippen molar-refractivity contribution in [2.24, 2.45) is 5.73 Å². The highest BCUT2D eigenvalue weighted by atomic mass is 16.5. The maximum absolute atomic E-state index is 11.0. The van der Waals surface area contributed by atoms with Crippen molar-refractivity contribution in [3.63, 3.8) is 0 Å². The highest BCUT2D eigenvalue weighted by Gasteiger charge is 2.20. The number of carbonyl (C=O) groups excluding carboxylic acids is 1. The molecular formula is C11H19N5O2. The Morgan fingerprint density at radius 2 is 2.28 bits per heavy atom. The fourth-order valence-corrected chi connectivity index (χ4v) is 2.13. The van der Waals surface area contributed by atoms with Crippen LogP contribution in [0.3, 0.4) is 0 Å². The molecule has 7 nitrogen and oxygen atoms in total. The maximum atomic E-state index is 11.0. The maximum Gasteiger partial charge on any atom is 0.314 e. The van der Waals surface area contributed by atoms with Gasteiger partial charge in [0.2, 0.25) is 5.89 Å². The van der Waals surface area contributed by atoms with Crippen molar-refractivity contribution in [3.05, 3.63) is 11.7 Å². The number of aromatic nitrogens is 2. The van der Waals surface area contributed by atoms with E-state index in [-0.39, 0.29) is 6.03 Å². The van der Waals surface area contributed by atoms with E-state index in [0.717, 1.165) is 38.9 Å².